The topological polar surface area (TPSA) is 62.5 Å². The summed E-state index contributed by atoms with van der Waals surface area (Å²) >= 11 is 5.52. The second-order valence-electron chi connectivity index (χ2n) is 1.98. The first kappa shape index (κ1) is 8.67. The van der Waals surface area contributed by atoms with Crippen molar-refractivity contribution in [3.63, 3.8) is 0 Å². The summed E-state index contributed by atoms with van der Waals surface area (Å²) in [6.07, 6.45) is 2.20. The van der Waals surface area contributed by atoms with E-state index in [1.54, 1.807) is 0 Å². The van der Waals surface area contributed by atoms with Crippen LogP contribution in [0.2, 0.25) is 5.15 Å². The maximum Gasteiger partial charge on any atom is 0.207 e. The third kappa shape index (κ3) is 2.03. The van der Waals surface area contributed by atoms with Crippen LogP contribution in [0.3, 0.4) is 0 Å². The predicted molar refractivity (Wildman–Crippen MR) is 43.9 cm³/mol. The number of Topliss-reactive ketones (excluding diaryl/α,β-unsaturated/α-hetero) is 1. The van der Waals surface area contributed by atoms with Gasteiger partial charge in [-0.25, -0.2) is 4.98 Å². The fourth-order valence-corrected chi connectivity index (χ4v) is 0.857. The number of halogens is 1. The minimum atomic E-state index is -0.415. The van der Waals surface area contributed by atoms with Crippen LogP contribution >= 0.6 is 11.6 Å². The maximum absolute atomic E-state index is 11.0. The second kappa shape index (κ2) is 3.82. The van der Waals surface area contributed by atoms with Crippen LogP contribution in [0, 0.1) is 0 Å². The summed E-state index contributed by atoms with van der Waals surface area (Å²) < 4.78 is 0. The lowest BCUT2D eigenvalue weighted by molar-refractivity contribution is 0.106. The summed E-state index contributed by atoms with van der Waals surface area (Å²) in [5, 5.41) is 10.9. The Morgan fingerprint density at radius 1 is 1.75 bits per heavy atom. The molecule has 0 fully saturated rings. The highest BCUT2D eigenvalue weighted by atomic mass is 35.5. The average Bonchev–Trinajstić information content (AvgIpc) is 2.05. The van der Waals surface area contributed by atoms with Crippen LogP contribution in [0.1, 0.15) is 10.4 Å². The normalized spacial score (nSPS) is 10.4. The first-order valence-corrected chi connectivity index (χ1v) is 3.45. The molecular formula is C7H5ClN2O2. The Kier molecular flexibility index (Phi) is 2.76. The van der Waals surface area contributed by atoms with Gasteiger partial charge in [-0.1, -0.05) is 16.8 Å². The molecule has 0 aliphatic heterocycles. The first-order chi connectivity index (χ1) is 5.74. The number of nitrogens with zero attached hydrogens (tertiary/aromatic N) is 2. The number of carbonyl (C=O) groups excluding carboxylic acids is 1. The standard InChI is InChI=1S/C7H5ClN2O2/c8-7-3-5(1-2-9-7)6(11)4-10-12/h1-4,12H. The molecule has 0 atom stereocenters. The molecule has 0 aromatic carbocycles. The molecule has 0 saturated heterocycles. The molecule has 1 N–H and O–H groups in total. The van der Waals surface area contributed by atoms with Crippen LogP contribution in [0.5, 0.6) is 0 Å². The van der Waals surface area contributed by atoms with Crippen LogP contribution in [-0.2, 0) is 0 Å². The maximum atomic E-state index is 11.0. The van der Waals surface area contributed by atoms with E-state index in [1.165, 1.54) is 18.3 Å². The Morgan fingerprint density at radius 2 is 2.50 bits per heavy atom. The molecule has 0 saturated carbocycles. The van der Waals surface area contributed by atoms with Crippen molar-refractivity contribution in [1.29, 1.82) is 0 Å². The van der Waals surface area contributed by atoms with E-state index in [2.05, 4.69) is 10.1 Å². The summed E-state index contributed by atoms with van der Waals surface area (Å²) in [6.45, 7) is 0. The number of hydrogen-bond donors (Lipinski definition) is 1. The fourth-order valence-electron chi connectivity index (χ4n) is 0.683. The summed E-state index contributed by atoms with van der Waals surface area (Å²) in [5.74, 6) is -0.415. The van der Waals surface area contributed by atoms with Crippen molar-refractivity contribution in [1.82, 2.24) is 4.98 Å². The lowest BCUT2D eigenvalue weighted by Gasteiger charge is -1.93. The van der Waals surface area contributed by atoms with E-state index >= 15 is 0 Å². The minimum absolute atomic E-state index is 0.229. The fraction of sp³-hybridized carbons (Fsp3) is 0. The number of aromatic nitrogens is 1. The van der Waals surface area contributed by atoms with Gasteiger partial charge < -0.3 is 5.21 Å². The van der Waals surface area contributed by atoms with E-state index in [4.69, 9.17) is 16.8 Å². The first-order valence-electron chi connectivity index (χ1n) is 3.07. The molecule has 1 aromatic heterocycles. The molecule has 4 nitrogen and oxygen atoms in total. The van der Waals surface area contributed by atoms with Crippen molar-refractivity contribution in [2.45, 2.75) is 0 Å². The Morgan fingerprint density at radius 3 is 3.08 bits per heavy atom. The number of pyridine rings is 1. The number of ketones is 1. The van der Waals surface area contributed by atoms with E-state index in [1.807, 2.05) is 0 Å². The zero-order valence-corrected chi connectivity index (χ0v) is 6.69. The van der Waals surface area contributed by atoms with E-state index in [0.29, 0.717) is 5.56 Å². The van der Waals surface area contributed by atoms with Crippen molar-refractivity contribution in [3.05, 3.63) is 29.0 Å². The predicted octanol–water partition coefficient (Wildman–Crippen LogP) is 1.38. The summed E-state index contributed by atoms with van der Waals surface area (Å²) in [6, 6.07) is 2.88. The molecule has 0 bridgehead atoms. The Labute approximate surface area is 73.5 Å². The van der Waals surface area contributed by atoms with Gasteiger partial charge in [0.1, 0.15) is 11.4 Å². The van der Waals surface area contributed by atoms with E-state index in [-0.39, 0.29) is 5.15 Å². The van der Waals surface area contributed by atoms with E-state index in [0.717, 1.165) is 6.21 Å². The highest BCUT2D eigenvalue weighted by Crippen LogP contribution is 2.06. The summed E-state index contributed by atoms with van der Waals surface area (Å²) in [5.41, 5.74) is 0.341. The lowest BCUT2D eigenvalue weighted by Crippen LogP contribution is -2.00. The van der Waals surface area contributed by atoms with Gasteiger partial charge in [-0.05, 0) is 12.1 Å². The zero-order chi connectivity index (χ0) is 8.97. The largest absolute Gasteiger partial charge is 0.411 e. The molecule has 0 unspecified atom stereocenters. The number of rotatable bonds is 2. The van der Waals surface area contributed by atoms with Crippen molar-refractivity contribution in [3.8, 4) is 0 Å². The second-order valence-corrected chi connectivity index (χ2v) is 2.36. The van der Waals surface area contributed by atoms with Crippen LogP contribution in [0.4, 0.5) is 0 Å². The lowest BCUT2D eigenvalue weighted by atomic mass is 10.2. The van der Waals surface area contributed by atoms with Crippen LogP contribution in [0.25, 0.3) is 0 Å². The van der Waals surface area contributed by atoms with Gasteiger partial charge in [0.25, 0.3) is 0 Å². The molecular weight excluding hydrogens is 180 g/mol. The molecule has 0 amide bonds. The van der Waals surface area contributed by atoms with Gasteiger partial charge in [0.05, 0.1) is 0 Å². The number of carbonyl (C=O) groups is 1. The Hall–Kier alpha value is -1.42. The van der Waals surface area contributed by atoms with Gasteiger partial charge in [0, 0.05) is 11.8 Å². The summed E-state index contributed by atoms with van der Waals surface area (Å²) in [7, 11) is 0. The number of oxime groups is 1. The molecule has 1 rings (SSSR count). The van der Waals surface area contributed by atoms with Gasteiger partial charge in [-0.2, -0.15) is 0 Å². The van der Waals surface area contributed by atoms with Crippen molar-refractivity contribution < 1.29 is 10.0 Å². The highest BCUT2D eigenvalue weighted by molar-refractivity contribution is 6.36. The van der Waals surface area contributed by atoms with Crippen molar-refractivity contribution in [2.24, 2.45) is 5.16 Å². The van der Waals surface area contributed by atoms with E-state index in [9.17, 15) is 4.79 Å². The van der Waals surface area contributed by atoms with Gasteiger partial charge in [0.2, 0.25) is 5.78 Å². The molecule has 12 heavy (non-hydrogen) atoms. The third-order valence-corrected chi connectivity index (χ3v) is 1.39. The zero-order valence-electron chi connectivity index (χ0n) is 5.94. The van der Waals surface area contributed by atoms with Crippen molar-refractivity contribution >= 4 is 23.6 Å². The Bertz CT molecular complexity index is 325. The molecule has 0 radical (unpaired) electrons. The quantitative estimate of drug-likeness (QED) is 0.248. The molecule has 0 spiro atoms. The van der Waals surface area contributed by atoms with Crippen LogP contribution in [0.15, 0.2) is 23.5 Å². The molecule has 0 aliphatic carbocycles. The SMILES string of the molecule is O=C(C=NO)c1ccnc(Cl)c1. The molecule has 5 heteroatoms. The van der Waals surface area contributed by atoms with Crippen LogP contribution in [-0.4, -0.2) is 22.2 Å². The molecule has 1 heterocycles. The monoisotopic (exact) mass is 184 g/mol. The Balaban J connectivity index is 2.96. The number of hydrogen-bond acceptors (Lipinski definition) is 4. The minimum Gasteiger partial charge on any atom is -0.411 e. The van der Waals surface area contributed by atoms with Gasteiger partial charge in [-0.3, -0.25) is 4.79 Å². The summed E-state index contributed by atoms with van der Waals surface area (Å²) in [4.78, 5) is 14.7. The third-order valence-electron chi connectivity index (χ3n) is 1.19. The van der Waals surface area contributed by atoms with Crippen LogP contribution < -0.4 is 0 Å². The van der Waals surface area contributed by atoms with Gasteiger partial charge >= 0.3 is 0 Å². The molecule has 62 valence electrons. The molecule has 0 aliphatic rings. The smallest absolute Gasteiger partial charge is 0.207 e. The van der Waals surface area contributed by atoms with Gasteiger partial charge in [-0.15, -0.1) is 0 Å². The highest BCUT2D eigenvalue weighted by Gasteiger charge is 2.02. The van der Waals surface area contributed by atoms with E-state index < -0.39 is 5.78 Å². The average molecular weight is 185 g/mol. The van der Waals surface area contributed by atoms with Crippen molar-refractivity contribution in [2.75, 3.05) is 0 Å². The van der Waals surface area contributed by atoms with Gasteiger partial charge in [0.15, 0.2) is 0 Å². The molecule has 1 aromatic rings.